The van der Waals surface area contributed by atoms with E-state index in [2.05, 4.69) is 121 Å². The van der Waals surface area contributed by atoms with E-state index in [0.29, 0.717) is 5.82 Å². The number of nitrogens with zero attached hydrogens (tertiary/aromatic N) is 3. The van der Waals surface area contributed by atoms with Crippen LogP contribution in [0.15, 0.2) is 149 Å². The number of rotatable bonds is 4. The first-order valence-corrected chi connectivity index (χ1v) is 17.6. The van der Waals surface area contributed by atoms with Crippen LogP contribution in [0.25, 0.3) is 77.2 Å². The topological polar surface area (TPSA) is 51.8 Å². The molecule has 3 aromatic heterocycles. The van der Waals surface area contributed by atoms with Gasteiger partial charge in [-0.3, -0.25) is 0 Å². The van der Waals surface area contributed by atoms with E-state index in [-0.39, 0.29) is 5.92 Å². The van der Waals surface area contributed by atoms with Crippen molar-refractivity contribution in [2.24, 2.45) is 0 Å². The van der Waals surface area contributed by atoms with Crippen molar-refractivity contribution in [2.45, 2.75) is 18.8 Å². The fourth-order valence-electron chi connectivity index (χ4n) is 7.62. The van der Waals surface area contributed by atoms with Crippen LogP contribution in [0.3, 0.4) is 0 Å². The molecule has 0 radical (unpaired) electrons. The van der Waals surface area contributed by atoms with E-state index < -0.39 is 0 Å². The van der Waals surface area contributed by atoms with Crippen LogP contribution >= 0.6 is 11.3 Å². The van der Waals surface area contributed by atoms with Gasteiger partial charge in [-0.1, -0.05) is 127 Å². The second kappa shape index (κ2) is 11.4. The number of hydrogen-bond acceptors (Lipinski definition) is 5. The van der Waals surface area contributed by atoms with E-state index in [4.69, 9.17) is 19.4 Å². The smallest absolute Gasteiger partial charge is 0.160 e. The summed E-state index contributed by atoms with van der Waals surface area (Å²) >= 11 is 1.73. The molecule has 9 aromatic rings. The molecule has 0 saturated carbocycles. The van der Waals surface area contributed by atoms with Gasteiger partial charge in [-0.2, -0.15) is 0 Å². The van der Waals surface area contributed by atoms with Crippen molar-refractivity contribution in [1.29, 1.82) is 0 Å². The van der Waals surface area contributed by atoms with Gasteiger partial charge in [0.15, 0.2) is 5.82 Å². The highest BCUT2D eigenvalue weighted by Crippen LogP contribution is 2.51. The summed E-state index contributed by atoms with van der Waals surface area (Å²) in [5.41, 5.74) is 16.2. The Kier molecular flexibility index (Phi) is 6.52. The van der Waals surface area contributed by atoms with Gasteiger partial charge in [0, 0.05) is 39.1 Å². The third-order valence-corrected chi connectivity index (χ3v) is 10.8. The fraction of sp³-hybridized carbons (Fsp3) is 0.0682. The summed E-state index contributed by atoms with van der Waals surface area (Å²) in [5.74, 6) is 0.842. The first-order valence-electron chi connectivity index (χ1n) is 16.7. The molecule has 6 aromatic carbocycles. The van der Waals surface area contributed by atoms with E-state index in [9.17, 15) is 0 Å². The number of thiazole rings is 1. The molecular formula is C44H29N3OS. The number of aryl methyl sites for hydroxylation is 1. The summed E-state index contributed by atoms with van der Waals surface area (Å²) in [5, 5.41) is 2.23. The molecule has 1 aliphatic rings. The van der Waals surface area contributed by atoms with Gasteiger partial charge in [0.2, 0.25) is 0 Å². The van der Waals surface area contributed by atoms with Crippen molar-refractivity contribution < 1.29 is 4.42 Å². The number of aromatic nitrogens is 3. The Morgan fingerprint density at radius 2 is 1.33 bits per heavy atom. The molecule has 0 bridgehead atoms. The molecule has 10 rings (SSSR count). The first kappa shape index (κ1) is 28.1. The molecule has 5 heteroatoms. The van der Waals surface area contributed by atoms with Gasteiger partial charge in [-0.05, 0) is 41.7 Å². The Balaban J connectivity index is 1.15. The molecule has 1 atom stereocenters. The molecule has 0 saturated heterocycles. The lowest BCUT2D eigenvalue weighted by molar-refractivity contribution is 0.648. The van der Waals surface area contributed by atoms with Crippen LogP contribution in [0.5, 0.6) is 0 Å². The van der Waals surface area contributed by atoms with Crippen LogP contribution in [-0.4, -0.2) is 15.0 Å². The number of fused-ring (bicyclic) bond motifs is 10. The normalized spacial score (nSPS) is 14.2. The van der Waals surface area contributed by atoms with Gasteiger partial charge in [0.05, 0.1) is 32.5 Å². The highest BCUT2D eigenvalue weighted by Gasteiger charge is 2.31. The Morgan fingerprint density at radius 3 is 2.08 bits per heavy atom. The number of furan rings is 1. The summed E-state index contributed by atoms with van der Waals surface area (Å²) in [6, 6.07) is 48.9. The maximum Gasteiger partial charge on any atom is 0.160 e. The van der Waals surface area contributed by atoms with E-state index in [1.165, 1.54) is 32.5 Å². The molecule has 232 valence electrons. The SMILES string of the molecule is c1ccc(-c2cc(-c3ccccc3)nc(-c3ccc(C4CCc5ccccc5-c5c4c4oc6ccccc6c4c4ncsc54)cc3)n2)cc1. The molecule has 0 N–H and O–H groups in total. The van der Waals surface area contributed by atoms with Crippen molar-refractivity contribution in [3.63, 3.8) is 0 Å². The lowest BCUT2D eigenvalue weighted by Crippen LogP contribution is -2.04. The molecule has 0 spiro atoms. The molecule has 0 fully saturated rings. The predicted molar refractivity (Wildman–Crippen MR) is 201 cm³/mol. The summed E-state index contributed by atoms with van der Waals surface area (Å²) in [7, 11) is 0. The second-order valence-electron chi connectivity index (χ2n) is 12.7. The minimum Gasteiger partial charge on any atom is -0.456 e. The lowest BCUT2D eigenvalue weighted by atomic mass is 9.84. The maximum atomic E-state index is 6.80. The average Bonchev–Trinajstić information content (AvgIpc) is 3.77. The Labute approximate surface area is 287 Å². The van der Waals surface area contributed by atoms with Crippen LogP contribution < -0.4 is 0 Å². The summed E-state index contributed by atoms with van der Waals surface area (Å²) in [4.78, 5) is 15.1. The molecule has 1 unspecified atom stereocenters. The minimum atomic E-state index is 0.127. The Hall–Kier alpha value is -5.91. The predicted octanol–water partition coefficient (Wildman–Crippen LogP) is 11.7. The van der Waals surface area contributed by atoms with Crippen molar-refractivity contribution >= 4 is 43.5 Å². The standard InChI is InChI=1S/C44H29N3OS/c1-3-12-29(13-4-1)35-25-36(30-14-5-2-6-15-30)47-44(46-35)31-21-19-28(20-22-31)33-24-23-27-11-7-8-16-32(27)39-38(33)42-40(41-43(39)49-26-45-41)34-17-9-10-18-37(34)48-42/h1-22,25-26,33H,23-24H2. The van der Waals surface area contributed by atoms with E-state index >= 15 is 0 Å². The van der Waals surface area contributed by atoms with Crippen molar-refractivity contribution in [1.82, 2.24) is 15.0 Å². The van der Waals surface area contributed by atoms with Crippen LogP contribution in [0.2, 0.25) is 0 Å². The monoisotopic (exact) mass is 647 g/mol. The number of benzene rings is 6. The Bertz CT molecular complexity index is 2600. The van der Waals surface area contributed by atoms with Crippen molar-refractivity contribution in [2.75, 3.05) is 0 Å². The Morgan fingerprint density at radius 1 is 0.653 bits per heavy atom. The minimum absolute atomic E-state index is 0.127. The zero-order valence-corrected chi connectivity index (χ0v) is 27.3. The molecule has 49 heavy (non-hydrogen) atoms. The third-order valence-electron chi connectivity index (χ3n) is 9.91. The van der Waals surface area contributed by atoms with E-state index in [1.54, 1.807) is 11.3 Å². The molecule has 3 heterocycles. The van der Waals surface area contributed by atoms with Crippen LogP contribution in [0.1, 0.15) is 29.0 Å². The van der Waals surface area contributed by atoms with Crippen LogP contribution in [0.4, 0.5) is 0 Å². The zero-order chi connectivity index (χ0) is 32.3. The molecule has 1 aliphatic carbocycles. The quantitative estimate of drug-likeness (QED) is 0.191. The first-order chi connectivity index (χ1) is 24.3. The van der Waals surface area contributed by atoms with Gasteiger partial charge < -0.3 is 4.42 Å². The molecule has 4 nitrogen and oxygen atoms in total. The highest BCUT2D eigenvalue weighted by molar-refractivity contribution is 7.17. The van der Waals surface area contributed by atoms with Gasteiger partial charge in [0.25, 0.3) is 0 Å². The molecule has 0 amide bonds. The maximum absolute atomic E-state index is 6.80. The van der Waals surface area contributed by atoms with Gasteiger partial charge >= 0.3 is 0 Å². The zero-order valence-electron chi connectivity index (χ0n) is 26.5. The van der Waals surface area contributed by atoms with Crippen LogP contribution in [-0.2, 0) is 6.42 Å². The van der Waals surface area contributed by atoms with Crippen LogP contribution in [0, 0.1) is 0 Å². The van der Waals surface area contributed by atoms with E-state index in [1.807, 2.05) is 23.7 Å². The molecular weight excluding hydrogens is 619 g/mol. The number of para-hydroxylation sites is 1. The van der Waals surface area contributed by atoms with Gasteiger partial charge in [0.1, 0.15) is 11.2 Å². The van der Waals surface area contributed by atoms with Gasteiger partial charge in [-0.15, -0.1) is 11.3 Å². The fourth-order valence-corrected chi connectivity index (χ4v) is 8.49. The van der Waals surface area contributed by atoms with Gasteiger partial charge in [-0.25, -0.2) is 15.0 Å². The lowest BCUT2D eigenvalue weighted by Gasteiger charge is -2.20. The summed E-state index contributed by atoms with van der Waals surface area (Å²) < 4.78 is 8.03. The summed E-state index contributed by atoms with van der Waals surface area (Å²) in [6.07, 6.45) is 1.94. The number of hydrogen-bond donors (Lipinski definition) is 0. The molecule has 0 aliphatic heterocycles. The average molecular weight is 648 g/mol. The third kappa shape index (κ3) is 4.61. The highest BCUT2D eigenvalue weighted by atomic mass is 32.1. The van der Waals surface area contributed by atoms with E-state index in [0.717, 1.165) is 68.4 Å². The largest absolute Gasteiger partial charge is 0.456 e. The van der Waals surface area contributed by atoms with Crippen molar-refractivity contribution in [3.05, 3.63) is 162 Å². The van der Waals surface area contributed by atoms with Crippen molar-refractivity contribution in [3.8, 4) is 45.0 Å². The second-order valence-corrected chi connectivity index (χ2v) is 13.5. The summed E-state index contributed by atoms with van der Waals surface area (Å²) in [6.45, 7) is 0.